The Labute approximate surface area is 212 Å². The average molecular weight is 499 g/mol. The van der Waals surface area contributed by atoms with Crippen molar-refractivity contribution < 1.29 is 19.2 Å². The summed E-state index contributed by atoms with van der Waals surface area (Å²) >= 11 is 0. The zero-order valence-corrected chi connectivity index (χ0v) is 22.4. The first-order valence-corrected chi connectivity index (χ1v) is 13.3. The molecule has 0 unspecified atom stereocenters. The molecule has 0 aliphatic rings. The minimum Gasteiger partial charge on any atom is -0.359 e. The highest BCUT2D eigenvalue weighted by molar-refractivity contribution is 5.97. The number of nitrogens with one attached hydrogen (secondary N) is 3. The van der Waals surface area contributed by atoms with Gasteiger partial charge in [-0.05, 0) is 65.7 Å². The Morgan fingerprint density at radius 1 is 0.629 bits per heavy atom. The standard InChI is InChI=1S/C25H50N6O4/c1-26-16-10-4-7-13-19-29(3)24(34)31(21-15-9-6-12-18-28-22-32)25(35)30(23-33)20-14-8-5-11-17-27-2/h22-23,26-27H,4-21H2,1-3H3,(H,28,32). The van der Waals surface area contributed by atoms with E-state index in [-0.39, 0.29) is 12.6 Å². The van der Waals surface area contributed by atoms with E-state index in [2.05, 4.69) is 16.0 Å². The summed E-state index contributed by atoms with van der Waals surface area (Å²) in [6.45, 7) is 3.72. The van der Waals surface area contributed by atoms with Gasteiger partial charge in [-0.3, -0.25) is 14.5 Å². The summed E-state index contributed by atoms with van der Waals surface area (Å²) in [6, 6.07) is -0.891. The monoisotopic (exact) mass is 498 g/mol. The molecule has 0 heterocycles. The molecule has 6 amide bonds. The van der Waals surface area contributed by atoms with Gasteiger partial charge in [-0.1, -0.05) is 38.5 Å². The van der Waals surface area contributed by atoms with Gasteiger partial charge in [0.2, 0.25) is 12.8 Å². The molecule has 0 fully saturated rings. The third-order valence-electron chi connectivity index (χ3n) is 5.94. The average Bonchev–Trinajstić information content (AvgIpc) is 2.86. The van der Waals surface area contributed by atoms with Crippen LogP contribution in [0.4, 0.5) is 9.59 Å². The predicted molar refractivity (Wildman–Crippen MR) is 140 cm³/mol. The van der Waals surface area contributed by atoms with E-state index >= 15 is 0 Å². The van der Waals surface area contributed by atoms with E-state index in [0.717, 1.165) is 88.6 Å². The van der Waals surface area contributed by atoms with Crippen molar-refractivity contribution in [2.45, 2.75) is 77.0 Å². The summed E-state index contributed by atoms with van der Waals surface area (Å²) in [7, 11) is 5.57. The Morgan fingerprint density at radius 3 is 1.63 bits per heavy atom. The first-order chi connectivity index (χ1) is 17.0. The molecule has 10 nitrogen and oxygen atoms in total. The largest absolute Gasteiger partial charge is 0.359 e. The fourth-order valence-electron chi connectivity index (χ4n) is 3.77. The van der Waals surface area contributed by atoms with E-state index in [1.807, 2.05) is 14.1 Å². The minimum atomic E-state index is -0.538. The van der Waals surface area contributed by atoms with Crippen LogP contribution in [0.2, 0.25) is 0 Å². The minimum absolute atomic E-state index is 0.276. The number of hydrogen-bond acceptors (Lipinski definition) is 6. The molecule has 0 aromatic heterocycles. The van der Waals surface area contributed by atoms with Gasteiger partial charge in [0.15, 0.2) is 0 Å². The third kappa shape index (κ3) is 17.0. The quantitative estimate of drug-likeness (QED) is 0.147. The molecule has 0 aromatic rings. The molecule has 0 saturated heterocycles. The molecule has 204 valence electrons. The van der Waals surface area contributed by atoms with Gasteiger partial charge in [-0.15, -0.1) is 0 Å². The van der Waals surface area contributed by atoms with Crippen molar-refractivity contribution in [1.82, 2.24) is 30.7 Å². The van der Waals surface area contributed by atoms with E-state index in [0.29, 0.717) is 38.9 Å². The lowest BCUT2D eigenvalue weighted by molar-refractivity contribution is -0.116. The van der Waals surface area contributed by atoms with E-state index in [9.17, 15) is 19.2 Å². The maximum Gasteiger partial charge on any atom is 0.334 e. The van der Waals surface area contributed by atoms with Crippen LogP contribution < -0.4 is 16.0 Å². The number of nitrogens with zero attached hydrogens (tertiary/aromatic N) is 3. The third-order valence-corrected chi connectivity index (χ3v) is 5.94. The molecule has 0 aliphatic carbocycles. The van der Waals surface area contributed by atoms with Crippen LogP contribution in [-0.2, 0) is 9.59 Å². The highest BCUT2D eigenvalue weighted by atomic mass is 16.2. The molecule has 0 atom stereocenters. The van der Waals surface area contributed by atoms with Crippen molar-refractivity contribution in [3.05, 3.63) is 0 Å². The molecule has 35 heavy (non-hydrogen) atoms. The smallest absolute Gasteiger partial charge is 0.334 e. The fraction of sp³-hybridized carbons (Fsp3) is 0.840. The van der Waals surface area contributed by atoms with Crippen molar-refractivity contribution in [3.63, 3.8) is 0 Å². The van der Waals surface area contributed by atoms with E-state index in [4.69, 9.17) is 0 Å². The summed E-state index contributed by atoms with van der Waals surface area (Å²) in [5.41, 5.74) is 0. The lowest BCUT2D eigenvalue weighted by Crippen LogP contribution is -2.51. The second-order valence-electron chi connectivity index (χ2n) is 8.96. The molecule has 0 saturated carbocycles. The molecular weight excluding hydrogens is 448 g/mol. The van der Waals surface area contributed by atoms with Crippen molar-refractivity contribution in [1.29, 1.82) is 0 Å². The first kappa shape index (κ1) is 32.8. The highest BCUT2D eigenvalue weighted by Crippen LogP contribution is 2.10. The number of imide groups is 2. The van der Waals surface area contributed by atoms with Crippen LogP contribution in [0.25, 0.3) is 0 Å². The van der Waals surface area contributed by atoms with Crippen LogP contribution >= 0.6 is 0 Å². The fourth-order valence-corrected chi connectivity index (χ4v) is 3.77. The molecule has 3 N–H and O–H groups in total. The second-order valence-corrected chi connectivity index (χ2v) is 8.96. The Bertz CT molecular complexity index is 564. The molecule has 0 aromatic carbocycles. The molecule has 0 aliphatic heterocycles. The summed E-state index contributed by atoms with van der Waals surface area (Å²) in [4.78, 5) is 52.3. The molecule has 0 rings (SSSR count). The van der Waals surface area contributed by atoms with Crippen LogP contribution in [0.1, 0.15) is 77.0 Å². The van der Waals surface area contributed by atoms with Crippen LogP contribution in [0.3, 0.4) is 0 Å². The number of urea groups is 2. The zero-order valence-electron chi connectivity index (χ0n) is 22.4. The van der Waals surface area contributed by atoms with Crippen LogP contribution in [0.15, 0.2) is 0 Å². The van der Waals surface area contributed by atoms with E-state index in [1.165, 1.54) is 4.90 Å². The van der Waals surface area contributed by atoms with Gasteiger partial charge in [0.05, 0.1) is 0 Å². The Morgan fingerprint density at radius 2 is 1.11 bits per heavy atom. The summed E-state index contributed by atoms with van der Waals surface area (Å²) in [5, 5.41) is 8.87. The lowest BCUT2D eigenvalue weighted by Gasteiger charge is -2.30. The SMILES string of the molecule is CNCCCCCCN(C)C(=O)N(CCCCCCNC=O)C(=O)N(C=O)CCCCCCNC. The van der Waals surface area contributed by atoms with Crippen molar-refractivity contribution >= 4 is 24.9 Å². The van der Waals surface area contributed by atoms with Crippen LogP contribution in [0.5, 0.6) is 0 Å². The van der Waals surface area contributed by atoms with Gasteiger partial charge in [0.25, 0.3) is 0 Å². The summed E-state index contributed by atoms with van der Waals surface area (Å²) < 4.78 is 0. The summed E-state index contributed by atoms with van der Waals surface area (Å²) in [5.74, 6) is 0. The van der Waals surface area contributed by atoms with E-state index in [1.54, 1.807) is 11.9 Å². The molecule has 0 radical (unpaired) electrons. The van der Waals surface area contributed by atoms with Gasteiger partial charge >= 0.3 is 12.1 Å². The summed E-state index contributed by atoms with van der Waals surface area (Å²) in [6.07, 6.45) is 12.3. The van der Waals surface area contributed by atoms with Crippen molar-refractivity contribution in [2.75, 3.05) is 60.4 Å². The first-order valence-electron chi connectivity index (χ1n) is 13.3. The molecule has 0 spiro atoms. The van der Waals surface area contributed by atoms with Gasteiger partial charge < -0.3 is 20.9 Å². The number of carbonyl (C=O) groups is 4. The van der Waals surface area contributed by atoms with Crippen molar-refractivity contribution in [3.8, 4) is 0 Å². The zero-order chi connectivity index (χ0) is 26.2. The van der Waals surface area contributed by atoms with Crippen LogP contribution in [0, 0.1) is 0 Å². The predicted octanol–water partition coefficient (Wildman–Crippen LogP) is 2.78. The Kier molecular flexibility index (Phi) is 22.1. The number of amides is 6. The topological polar surface area (TPSA) is 114 Å². The van der Waals surface area contributed by atoms with Crippen molar-refractivity contribution in [2.24, 2.45) is 0 Å². The lowest BCUT2D eigenvalue weighted by atomic mass is 10.2. The number of hydrogen-bond donors (Lipinski definition) is 3. The van der Waals surface area contributed by atoms with E-state index < -0.39 is 6.03 Å². The Hall–Kier alpha value is -2.20. The van der Waals surface area contributed by atoms with Crippen LogP contribution in [-0.4, -0.2) is 100.0 Å². The van der Waals surface area contributed by atoms with Gasteiger partial charge in [-0.2, -0.15) is 0 Å². The number of unbranched alkanes of at least 4 members (excludes halogenated alkanes) is 9. The second kappa shape index (κ2) is 23.5. The molecule has 10 heteroatoms. The Balaban J connectivity index is 4.84. The molecule has 0 bridgehead atoms. The maximum atomic E-state index is 13.1. The highest BCUT2D eigenvalue weighted by Gasteiger charge is 2.28. The number of carbonyl (C=O) groups excluding carboxylic acids is 4. The maximum absolute atomic E-state index is 13.1. The van der Waals surface area contributed by atoms with Gasteiger partial charge in [-0.25, -0.2) is 14.5 Å². The molecular formula is C25H50N6O4. The normalized spacial score (nSPS) is 10.6. The van der Waals surface area contributed by atoms with Gasteiger partial charge in [0.1, 0.15) is 0 Å². The number of rotatable bonds is 23. The van der Waals surface area contributed by atoms with Gasteiger partial charge in [0, 0.05) is 33.2 Å².